The fraction of sp³-hybridized carbons (Fsp3) is 0.333. The van der Waals surface area contributed by atoms with E-state index in [4.69, 9.17) is 8.94 Å². The van der Waals surface area contributed by atoms with E-state index in [0.717, 1.165) is 16.8 Å². The van der Waals surface area contributed by atoms with Crippen LogP contribution < -0.4 is 10.6 Å². The standard InChI is InChI=1S/C18H20FN3O3/c1-9-14-7-13(19)5-6-16(14)24-17(9)11(3)21-18(23)20-8-15-10(2)22-25-12(15)4/h5-7,11H,8H2,1-4H3,(H2,20,21,23)/t11-/m1/s1. The number of aryl methyl sites for hydroxylation is 3. The van der Waals surface area contributed by atoms with Crippen molar-refractivity contribution < 1.29 is 18.1 Å². The lowest BCUT2D eigenvalue weighted by atomic mass is 10.1. The van der Waals surface area contributed by atoms with Gasteiger partial charge in [0.05, 0.1) is 11.7 Å². The van der Waals surface area contributed by atoms with Gasteiger partial charge >= 0.3 is 6.03 Å². The number of hydrogen-bond donors (Lipinski definition) is 2. The highest BCUT2D eigenvalue weighted by atomic mass is 19.1. The van der Waals surface area contributed by atoms with Crippen LogP contribution in [0.2, 0.25) is 0 Å². The number of nitrogens with zero attached hydrogens (tertiary/aromatic N) is 1. The summed E-state index contributed by atoms with van der Waals surface area (Å²) in [5.74, 6) is 0.967. The number of rotatable bonds is 4. The van der Waals surface area contributed by atoms with Crippen LogP contribution in [0, 0.1) is 26.6 Å². The van der Waals surface area contributed by atoms with Gasteiger partial charge in [-0.1, -0.05) is 5.16 Å². The van der Waals surface area contributed by atoms with Crippen LogP contribution in [-0.4, -0.2) is 11.2 Å². The Hall–Kier alpha value is -2.83. The van der Waals surface area contributed by atoms with Crippen LogP contribution in [0.15, 0.2) is 27.1 Å². The molecule has 2 aromatic heterocycles. The van der Waals surface area contributed by atoms with Crippen LogP contribution in [-0.2, 0) is 6.54 Å². The Balaban J connectivity index is 1.68. The van der Waals surface area contributed by atoms with Crippen molar-refractivity contribution in [1.29, 1.82) is 0 Å². The molecule has 2 N–H and O–H groups in total. The van der Waals surface area contributed by atoms with Crippen molar-refractivity contribution in [1.82, 2.24) is 15.8 Å². The lowest BCUT2D eigenvalue weighted by Crippen LogP contribution is -2.36. The van der Waals surface area contributed by atoms with Crippen LogP contribution in [0.5, 0.6) is 0 Å². The normalized spacial score (nSPS) is 12.4. The highest BCUT2D eigenvalue weighted by Crippen LogP contribution is 2.29. The first kappa shape index (κ1) is 17.0. The predicted octanol–water partition coefficient (Wildman–Crippen LogP) is 4.05. The summed E-state index contributed by atoms with van der Waals surface area (Å²) in [6, 6.07) is 3.68. The summed E-state index contributed by atoms with van der Waals surface area (Å²) in [7, 11) is 0. The summed E-state index contributed by atoms with van der Waals surface area (Å²) in [6.45, 7) is 7.61. The molecular formula is C18H20FN3O3. The van der Waals surface area contributed by atoms with E-state index in [1.165, 1.54) is 12.1 Å². The average Bonchev–Trinajstić information content (AvgIpc) is 3.06. The van der Waals surface area contributed by atoms with Crippen molar-refractivity contribution in [2.45, 2.75) is 40.3 Å². The van der Waals surface area contributed by atoms with E-state index in [1.807, 2.05) is 20.8 Å². The van der Waals surface area contributed by atoms with Gasteiger partial charge in [0.2, 0.25) is 0 Å². The number of benzene rings is 1. The van der Waals surface area contributed by atoms with Gasteiger partial charge in [0, 0.05) is 23.1 Å². The highest BCUT2D eigenvalue weighted by Gasteiger charge is 2.19. The minimum Gasteiger partial charge on any atom is -0.459 e. The number of amides is 2. The minimum atomic E-state index is -0.361. The van der Waals surface area contributed by atoms with Gasteiger partial charge in [-0.05, 0) is 45.9 Å². The number of nitrogens with one attached hydrogen (secondary N) is 2. The van der Waals surface area contributed by atoms with Gasteiger partial charge in [-0.25, -0.2) is 9.18 Å². The quantitative estimate of drug-likeness (QED) is 0.748. The van der Waals surface area contributed by atoms with Crippen LogP contribution in [0.4, 0.5) is 9.18 Å². The molecule has 0 saturated carbocycles. The molecule has 0 aliphatic heterocycles. The van der Waals surface area contributed by atoms with Gasteiger partial charge in [-0.3, -0.25) is 0 Å². The molecule has 0 fully saturated rings. The zero-order valence-electron chi connectivity index (χ0n) is 14.6. The third-order valence-corrected chi connectivity index (χ3v) is 4.28. The van der Waals surface area contributed by atoms with Crippen molar-refractivity contribution in [2.24, 2.45) is 0 Å². The molecule has 0 unspecified atom stereocenters. The van der Waals surface area contributed by atoms with E-state index in [-0.39, 0.29) is 17.9 Å². The third kappa shape index (κ3) is 3.35. The maximum absolute atomic E-state index is 13.4. The number of halogens is 1. The maximum Gasteiger partial charge on any atom is 0.315 e. The summed E-state index contributed by atoms with van der Waals surface area (Å²) < 4.78 is 24.2. The van der Waals surface area contributed by atoms with Crippen molar-refractivity contribution in [2.75, 3.05) is 0 Å². The second-order valence-corrected chi connectivity index (χ2v) is 6.08. The molecule has 6 nitrogen and oxygen atoms in total. The van der Waals surface area contributed by atoms with Gasteiger partial charge in [0.15, 0.2) is 0 Å². The zero-order chi connectivity index (χ0) is 18.1. The Morgan fingerprint density at radius 3 is 2.76 bits per heavy atom. The predicted molar refractivity (Wildman–Crippen MR) is 90.7 cm³/mol. The van der Waals surface area contributed by atoms with Crippen LogP contribution >= 0.6 is 0 Å². The number of fused-ring (bicyclic) bond motifs is 1. The topological polar surface area (TPSA) is 80.3 Å². The molecule has 7 heteroatoms. The van der Waals surface area contributed by atoms with Gasteiger partial charge in [0.25, 0.3) is 0 Å². The molecule has 132 valence electrons. The number of carbonyl (C=O) groups excluding carboxylic acids is 1. The number of carbonyl (C=O) groups is 1. The molecule has 0 aliphatic carbocycles. The Kier molecular flexibility index (Phi) is 4.48. The average molecular weight is 345 g/mol. The second-order valence-electron chi connectivity index (χ2n) is 6.08. The number of urea groups is 1. The van der Waals surface area contributed by atoms with E-state index in [1.54, 1.807) is 13.0 Å². The zero-order valence-corrected chi connectivity index (χ0v) is 14.6. The molecule has 3 aromatic rings. The Morgan fingerprint density at radius 1 is 1.32 bits per heavy atom. The first-order valence-electron chi connectivity index (χ1n) is 8.01. The summed E-state index contributed by atoms with van der Waals surface area (Å²) in [5, 5.41) is 10.2. The van der Waals surface area contributed by atoms with Crippen molar-refractivity contribution >= 4 is 17.0 Å². The molecule has 0 radical (unpaired) electrons. The number of hydrogen-bond acceptors (Lipinski definition) is 4. The molecule has 0 spiro atoms. The summed E-state index contributed by atoms with van der Waals surface area (Å²) in [4.78, 5) is 12.2. The molecule has 0 bridgehead atoms. The lowest BCUT2D eigenvalue weighted by Gasteiger charge is -2.13. The summed E-state index contributed by atoms with van der Waals surface area (Å²) >= 11 is 0. The van der Waals surface area contributed by atoms with E-state index in [0.29, 0.717) is 29.0 Å². The Morgan fingerprint density at radius 2 is 2.08 bits per heavy atom. The summed E-state index contributed by atoms with van der Waals surface area (Å²) in [5.41, 5.74) is 3.02. The highest BCUT2D eigenvalue weighted by molar-refractivity contribution is 5.82. The third-order valence-electron chi connectivity index (χ3n) is 4.28. The first-order valence-corrected chi connectivity index (χ1v) is 8.01. The molecule has 25 heavy (non-hydrogen) atoms. The molecule has 1 aromatic carbocycles. The van der Waals surface area contributed by atoms with E-state index < -0.39 is 0 Å². The molecule has 1 atom stereocenters. The minimum absolute atomic E-state index is 0.319. The van der Waals surface area contributed by atoms with E-state index in [9.17, 15) is 9.18 Å². The molecule has 2 amide bonds. The molecule has 2 heterocycles. The molecular weight excluding hydrogens is 325 g/mol. The monoisotopic (exact) mass is 345 g/mol. The molecule has 3 rings (SSSR count). The van der Waals surface area contributed by atoms with E-state index >= 15 is 0 Å². The van der Waals surface area contributed by atoms with Crippen molar-refractivity contribution in [3.63, 3.8) is 0 Å². The fourth-order valence-electron chi connectivity index (χ4n) is 2.86. The largest absolute Gasteiger partial charge is 0.459 e. The Labute approximate surface area is 144 Å². The van der Waals surface area contributed by atoms with Gasteiger partial charge < -0.3 is 19.6 Å². The van der Waals surface area contributed by atoms with Crippen molar-refractivity contribution in [3.8, 4) is 0 Å². The first-order chi connectivity index (χ1) is 11.9. The SMILES string of the molecule is Cc1noc(C)c1CNC(=O)N[C@H](C)c1oc2ccc(F)cc2c1C. The Bertz CT molecular complexity index is 910. The summed E-state index contributed by atoms with van der Waals surface area (Å²) in [6.07, 6.45) is 0. The smallest absolute Gasteiger partial charge is 0.315 e. The molecule has 0 saturated heterocycles. The van der Waals surface area contributed by atoms with Crippen molar-refractivity contribution in [3.05, 3.63) is 52.4 Å². The fourth-order valence-corrected chi connectivity index (χ4v) is 2.86. The van der Waals surface area contributed by atoms with Crippen LogP contribution in [0.25, 0.3) is 11.0 Å². The van der Waals surface area contributed by atoms with Gasteiger partial charge in [-0.15, -0.1) is 0 Å². The van der Waals surface area contributed by atoms with Crippen LogP contribution in [0.3, 0.4) is 0 Å². The lowest BCUT2D eigenvalue weighted by molar-refractivity contribution is 0.236. The number of furan rings is 1. The van der Waals surface area contributed by atoms with Crippen LogP contribution in [0.1, 0.15) is 41.3 Å². The second kappa shape index (κ2) is 6.58. The van der Waals surface area contributed by atoms with Gasteiger partial charge in [0.1, 0.15) is 22.9 Å². The number of aromatic nitrogens is 1. The maximum atomic E-state index is 13.4. The molecule has 0 aliphatic rings. The van der Waals surface area contributed by atoms with Gasteiger partial charge in [-0.2, -0.15) is 0 Å². The van der Waals surface area contributed by atoms with E-state index in [2.05, 4.69) is 15.8 Å².